The van der Waals surface area contributed by atoms with Gasteiger partial charge in [0.2, 0.25) is 0 Å². The molecule has 0 amide bonds. The molecule has 4 nitrogen and oxygen atoms in total. The molecule has 0 aliphatic rings. The molecule has 0 bridgehead atoms. The zero-order chi connectivity index (χ0) is 21.0. The molecule has 5 heteroatoms. The molecule has 0 aliphatic heterocycles. The fraction of sp³-hybridized carbons (Fsp3) is 0.500. The van der Waals surface area contributed by atoms with Crippen LogP contribution in [0.3, 0.4) is 0 Å². The Hall–Kier alpha value is -2.06. The van der Waals surface area contributed by atoms with E-state index in [0.29, 0.717) is 18.4 Å². The van der Waals surface area contributed by atoms with Gasteiger partial charge in [-0.15, -0.1) is 6.58 Å². The van der Waals surface area contributed by atoms with Gasteiger partial charge in [0.05, 0.1) is 5.75 Å². The smallest absolute Gasteiger partial charge is 0.188 e. The summed E-state index contributed by atoms with van der Waals surface area (Å²) >= 11 is 0. The van der Waals surface area contributed by atoms with Crippen molar-refractivity contribution in [1.29, 1.82) is 5.26 Å². The largest absolute Gasteiger partial charge is 0.507 e. The Morgan fingerprint density at radius 1 is 1.15 bits per heavy atom. The van der Waals surface area contributed by atoms with Crippen LogP contribution in [-0.4, -0.2) is 19.3 Å². The van der Waals surface area contributed by atoms with Crippen LogP contribution in [0.2, 0.25) is 0 Å². The van der Waals surface area contributed by atoms with Crippen molar-refractivity contribution >= 4 is 15.9 Å². The van der Waals surface area contributed by atoms with Gasteiger partial charge in [-0.3, -0.25) is 0 Å². The SMILES string of the molecule is C=CCCCS(=O)(=O)/C(C#N)=C/c1cc(C(C)(C)C)c(O)c(C(C)(C)C)c1. The number of unbranched alkanes of at least 4 members (excludes halogenated alkanes) is 1. The van der Waals surface area contributed by atoms with Crippen LogP contribution in [0.5, 0.6) is 5.75 Å². The molecule has 27 heavy (non-hydrogen) atoms. The second kappa shape index (κ2) is 8.31. The molecule has 0 radical (unpaired) electrons. The average Bonchev–Trinajstić information content (AvgIpc) is 2.51. The molecule has 0 aromatic heterocycles. The molecule has 1 rings (SSSR count). The average molecular weight is 390 g/mol. The molecule has 1 aromatic rings. The fourth-order valence-corrected chi connectivity index (χ4v) is 3.98. The predicted octanol–water partition coefficient (Wildman–Crippen LogP) is 5.23. The molecular formula is C22H31NO3S. The van der Waals surface area contributed by atoms with Gasteiger partial charge in [-0.2, -0.15) is 5.26 Å². The van der Waals surface area contributed by atoms with Gasteiger partial charge >= 0.3 is 0 Å². The molecule has 0 unspecified atom stereocenters. The Bertz CT molecular complexity index is 839. The van der Waals surface area contributed by atoms with Gasteiger partial charge in [-0.05, 0) is 47.4 Å². The van der Waals surface area contributed by atoms with Gasteiger partial charge < -0.3 is 5.11 Å². The minimum atomic E-state index is -3.66. The lowest BCUT2D eigenvalue weighted by Gasteiger charge is -2.28. The normalized spacial score (nSPS) is 13.3. The Balaban J connectivity index is 3.59. The molecule has 148 valence electrons. The van der Waals surface area contributed by atoms with E-state index in [2.05, 4.69) is 6.58 Å². The molecule has 0 fully saturated rings. The third-order valence-corrected chi connectivity index (χ3v) is 6.02. The van der Waals surface area contributed by atoms with Crippen molar-refractivity contribution in [3.8, 4) is 11.8 Å². The maximum atomic E-state index is 12.5. The lowest BCUT2D eigenvalue weighted by atomic mass is 9.78. The Kier molecular flexibility index (Phi) is 7.07. The first-order chi connectivity index (χ1) is 12.2. The van der Waals surface area contributed by atoms with E-state index >= 15 is 0 Å². The van der Waals surface area contributed by atoms with E-state index in [9.17, 15) is 18.8 Å². The number of phenolic OH excluding ortho intramolecular Hbond substituents is 1. The van der Waals surface area contributed by atoms with E-state index in [1.54, 1.807) is 18.2 Å². The first-order valence-electron chi connectivity index (χ1n) is 9.07. The lowest BCUT2D eigenvalue weighted by Crippen LogP contribution is -2.17. The van der Waals surface area contributed by atoms with E-state index in [-0.39, 0.29) is 27.2 Å². The van der Waals surface area contributed by atoms with E-state index in [0.717, 1.165) is 11.1 Å². The minimum Gasteiger partial charge on any atom is -0.507 e. The number of aromatic hydroxyl groups is 1. The maximum Gasteiger partial charge on any atom is 0.188 e. The Morgan fingerprint density at radius 3 is 2.00 bits per heavy atom. The van der Waals surface area contributed by atoms with E-state index < -0.39 is 9.84 Å². The molecule has 0 saturated carbocycles. The molecule has 0 atom stereocenters. The van der Waals surface area contributed by atoms with Crippen LogP contribution in [0.25, 0.3) is 6.08 Å². The summed E-state index contributed by atoms with van der Waals surface area (Å²) in [5.74, 6) is 0.133. The van der Waals surface area contributed by atoms with E-state index in [4.69, 9.17) is 0 Å². The number of sulfone groups is 1. The first-order valence-corrected chi connectivity index (χ1v) is 10.7. The van der Waals surface area contributed by atoms with E-state index in [1.807, 2.05) is 47.6 Å². The zero-order valence-electron chi connectivity index (χ0n) is 17.3. The van der Waals surface area contributed by atoms with E-state index in [1.165, 1.54) is 6.08 Å². The second-order valence-corrected chi connectivity index (χ2v) is 10.9. The van der Waals surface area contributed by atoms with Gasteiger partial charge in [0.1, 0.15) is 16.7 Å². The summed E-state index contributed by atoms with van der Waals surface area (Å²) in [5, 5.41) is 20.2. The van der Waals surface area contributed by atoms with Crippen molar-refractivity contribution in [2.45, 2.75) is 65.2 Å². The Morgan fingerprint density at radius 2 is 1.63 bits per heavy atom. The highest BCUT2D eigenvalue weighted by molar-refractivity contribution is 7.95. The quantitative estimate of drug-likeness (QED) is 0.410. The summed E-state index contributed by atoms with van der Waals surface area (Å²) in [6, 6.07) is 5.36. The van der Waals surface area contributed by atoms with Crippen molar-refractivity contribution in [2.75, 3.05) is 5.75 Å². The highest BCUT2D eigenvalue weighted by Gasteiger charge is 2.27. The second-order valence-electron chi connectivity index (χ2n) is 8.83. The summed E-state index contributed by atoms with van der Waals surface area (Å²) in [4.78, 5) is -0.253. The maximum absolute atomic E-state index is 12.5. The fourth-order valence-electron chi connectivity index (χ4n) is 2.75. The molecule has 1 N–H and O–H groups in total. The van der Waals surface area contributed by atoms with Crippen LogP contribution in [0, 0.1) is 11.3 Å². The first kappa shape index (κ1) is 23.0. The van der Waals surface area contributed by atoms with Crippen molar-refractivity contribution < 1.29 is 13.5 Å². The number of phenols is 1. The number of hydrogen-bond acceptors (Lipinski definition) is 4. The van der Waals surface area contributed by atoms with Crippen LogP contribution < -0.4 is 0 Å². The standard InChI is InChI=1S/C22H31NO3S/c1-8-9-10-11-27(25,26)17(15-23)12-16-13-18(21(2,3)4)20(24)19(14-16)22(5,6)7/h8,12-14,24H,1,9-11H2,2-7H3/b17-12+. The summed E-state index contributed by atoms with van der Waals surface area (Å²) < 4.78 is 25.0. The molecule has 0 heterocycles. The zero-order valence-corrected chi connectivity index (χ0v) is 18.1. The number of hydrogen-bond donors (Lipinski definition) is 1. The molecule has 0 saturated heterocycles. The van der Waals surface area contributed by atoms with Gasteiger partial charge in [0, 0.05) is 11.1 Å². The van der Waals surface area contributed by atoms with Crippen LogP contribution in [0.1, 0.15) is 71.1 Å². The molecule has 0 spiro atoms. The molecule has 1 aromatic carbocycles. The topological polar surface area (TPSA) is 78.2 Å². The monoisotopic (exact) mass is 389 g/mol. The summed E-state index contributed by atoms with van der Waals surface area (Å²) in [7, 11) is -3.66. The lowest BCUT2D eigenvalue weighted by molar-refractivity contribution is 0.423. The number of benzene rings is 1. The summed E-state index contributed by atoms with van der Waals surface area (Å²) in [6.45, 7) is 15.5. The van der Waals surface area contributed by atoms with Crippen molar-refractivity contribution in [1.82, 2.24) is 0 Å². The van der Waals surface area contributed by atoms with Gasteiger partial charge in [-0.25, -0.2) is 8.42 Å². The number of nitrogens with zero attached hydrogens (tertiary/aromatic N) is 1. The van der Waals surface area contributed by atoms with Gasteiger partial charge in [-0.1, -0.05) is 47.6 Å². The Labute approximate surface area is 164 Å². The van der Waals surface area contributed by atoms with Crippen molar-refractivity contribution in [2.24, 2.45) is 0 Å². The molecule has 0 aliphatic carbocycles. The summed E-state index contributed by atoms with van der Waals surface area (Å²) in [6.07, 6.45) is 4.09. The number of rotatable bonds is 6. The van der Waals surface area contributed by atoms with Gasteiger partial charge in [0.15, 0.2) is 9.84 Å². The highest BCUT2D eigenvalue weighted by atomic mass is 32.2. The van der Waals surface area contributed by atoms with Gasteiger partial charge in [0.25, 0.3) is 0 Å². The highest BCUT2D eigenvalue weighted by Crippen LogP contribution is 2.40. The van der Waals surface area contributed by atoms with Crippen LogP contribution in [0.15, 0.2) is 29.7 Å². The van der Waals surface area contributed by atoms with Crippen molar-refractivity contribution in [3.05, 3.63) is 46.4 Å². The molecular weight excluding hydrogens is 358 g/mol. The third kappa shape index (κ3) is 5.97. The van der Waals surface area contributed by atoms with Crippen LogP contribution in [0.4, 0.5) is 0 Å². The third-order valence-electron chi connectivity index (χ3n) is 4.31. The van der Waals surface area contributed by atoms with Crippen LogP contribution >= 0.6 is 0 Å². The minimum absolute atomic E-state index is 0.0885. The number of nitriles is 1. The number of allylic oxidation sites excluding steroid dienone is 2. The van der Waals surface area contributed by atoms with Crippen molar-refractivity contribution in [3.63, 3.8) is 0 Å². The summed E-state index contributed by atoms with van der Waals surface area (Å²) in [5.41, 5.74) is 1.39. The van der Waals surface area contributed by atoms with Crippen LogP contribution in [-0.2, 0) is 20.7 Å². The predicted molar refractivity (Wildman–Crippen MR) is 112 cm³/mol.